The number of ether oxygens (including phenoxy) is 1. The Bertz CT molecular complexity index is 1050. The van der Waals surface area contributed by atoms with Gasteiger partial charge in [-0.25, -0.2) is 0 Å². The lowest BCUT2D eigenvalue weighted by Crippen LogP contribution is -2.40. The molecule has 4 aliphatic carbocycles. The van der Waals surface area contributed by atoms with Gasteiger partial charge in [-0.05, 0) is 46.9 Å². The molecule has 2 bridgehead atoms. The fraction of sp³-hybridized carbons (Fsp3) is 0.348. The number of fused-ring (bicyclic) bond motifs is 1. The van der Waals surface area contributed by atoms with Gasteiger partial charge in [-0.1, -0.05) is 42.5 Å². The molecule has 7 rings (SSSR count). The third-order valence-electron chi connectivity index (χ3n) is 7.09. The molecule has 5 heteroatoms. The number of methoxy groups -OCH3 is 1. The van der Waals surface area contributed by atoms with Crippen LogP contribution >= 0.6 is 0 Å². The molecule has 5 aliphatic rings. The van der Waals surface area contributed by atoms with E-state index in [4.69, 9.17) is 4.74 Å². The first kappa shape index (κ1) is 16.0. The largest absolute Gasteiger partial charge is 0.496 e. The van der Waals surface area contributed by atoms with E-state index in [-0.39, 0.29) is 35.5 Å². The van der Waals surface area contributed by atoms with E-state index in [0.717, 1.165) is 27.8 Å². The normalized spacial score (nSPS) is 35.0. The van der Waals surface area contributed by atoms with Gasteiger partial charge in [0, 0.05) is 5.56 Å². The highest BCUT2D eigenvalue weighted by Crippen LogP contribution is 2.65. The number of hydrogen-bond donors (Lipinski definition) is 0. The maximum Gasteiger partial charge on any atom is 0.254 e. The second kappa shape index (κ2) is 5.53. The van der Waals surface area contributed by atoms with E-state index in [1.165, 1.54) is 0 Å². The van der Waals surface area contributed by atoms with Gasteiger partial charge in [-0.3, -0.25) is 9.59 Å². The first-order valence-corrected chi connectivity index (χ1v) is 9.85. The summed E-state index contributed by atoms with van der Waals surface area (Å²) in [5.41, 5.74) is 0.778. The number of allylic oxidation sites excluding steroid dienone is 2. The molecule has 6 atom stereocenters. The summed E-state index contributed by atoms with van der Waals surface area (Å²) in [5, 5.41) is 7.53. The highest BCUT2D eigenvalue weighted by atomic mass is 16.5. The van der Waals surface area contributed by atoms with Crippen LogP contribution < -0.4 is 4.74 Å². The minimum atomic E-state index is -0.224. The Hall–Kier alpha value is -2.95. The van der Waals surface area contributed by atoms with Crippen molar-refractivity contribution in [1.29, 1.82) is 0 Å². The van der Waals surface area contributed by atoms with Gasteiger partial charge in [0.2, 0.25) is 0 Å². The molecule has 140 valence electrons. The number of carbonyl (C=O) groups is 2. The van der Waals surface area contributed by atoms with Crippen LogP contribution in [0.2, 0.25) is 0 Å². The maximum atomic E-state index is 13.1. The number of hydrogen-bond acceptors (Lipinski definition) is 4. The van der Waals surface area contributed by atoms with Gasteiger partial charge in [0.15, 0.2) is 0 Å². The van der Waals surface area contributed by atoms with E-state index in [1.807, 2.05) is 36.4 Å². The molecule has 2 aromatic rings. The Labute approximate surface area is 162 Å². The van der Waals surface area contributed by atoms with Crippen molar-refractivity contribution in [2.24, 2.45) is 40.6 Å². The van der Waals surface area contributed by atoms with Crippen molar-refractivity contribution < 1.29 is 14.3 Å². The van der Waals surface area contributed by atoms with Crippen LogP contribution in [-0.4, -0.2) is 30.1 Å². The Morgan fingerprint density at radius 2 is 1.68 bits per heavy atom. The second-order valence-corrected chi connectivity index (χ2v) is 8.29. The number of nitrogens with zero attached hydrogens (tertiary/aromatic N) is 2. The molecule has 3 fully saturated rings. The quantitative estimate of drug-likeness (QED) is 0.472. The van der Waals surface area contributed by atoms with Crippen LogP contribution in [0.3, 0.4) is 0 Å². The SMILES string of the molecule is COc1ccc2ccccc2c1/C=N\N1C(=O)[C@@H]2[C@H]3C=C[C@@H]([C@@H]4C[C@@H]34)[C@@H]2C1=O. The van der Waals surface area contributed by atoms with E-state index in [0.29, 0.717) is 17.6 Å². The third-order valence-corrected chi connectivity index (χ3v) is 7.09. The Balaban J connectivity index is 1.38. The van der Waals surface area contributed by atoms with Gasteiger partial charge in [0.25, 0.3) is 11.8 Å². The number of benzene rings is 2. The van der Waals surface area contributed by atoms with E-state index >= 15 is 0 Å². The highest BCUT2D eigenvalue weighted by molar-refractivity contribution is 6.08. The summed E-state index contributed by atoms with van der Waals surface area (Å²) in [6.07, 6.45) is 7.11. The average Bonchev–Trinajstić information content (AvgIpc) is 3.51. The van der Waals surface area contributed by atoms with Gasteiger partial charge in [0.05, 0.1) is 25.2 Å². The zero-order valence-corrected chi connectivity index (χ0v) is 15.5. The Morgan fingerprint density at radius 1 is 1.00 bits per heavy atom. The summed E-state index contributed by atoms with van der Waals surface area (Å²) in [5.74, 6) is 1.54. The van der Waals surface area contributed by atoms with Crippen LogP contribution in [0.5, 0.6) is 5.75 Å². The molecule has 0 aromatic heterocycles. The molecule has 2 aromatic carbocycles. The van der Waals surface area contributed by atoms with Crippen molar-refractivity contribution in [2.75, 3.05) is 7.11 Å². The van der Waals surface area contributed by atoms with Crippen LogP contribution in [0.4, 0.5) is 0 Å². The number of rotatable bonds is 3. The average molecular weight is 372 g/mol. The lowest BCUT2D eigenvalue weighted by Gasteiger charge is -2.37. The third kappa shape index (κ3) is 1.99. The summed E-state index contributed by atoms with van der Waals surface area (Å²) in [7, 11) is 1.61. The molecule has 28 heavy (non-hydrogen) atoms. The van der Waals surface area contributed by atoms with Gasteiger partial charge < -0.3 is 4.74 Å². The van der Waals surface area contributed by atoms with Crippen LogP contribution in [0.25, 0.3) is 10.8 Å². The first-order chi connectivity index (χ1) is 13.7. The molecule has 1 aliphatic heterocycles. The molecule has 0 radical (unpaired) electrons. The van der Waals surface area contributed by atoms with Crippen LogP contribution in [0.15, 0.2) is 53.7 Å². The van der Waals surface area contributed by atoms with Crippen LogP contribution in [0, 0.1) is 35.5 Å². The predicted octanol–water partition coefficient (Wildman–Crippen LogP) is 3.24. The molecule has 2 amide bonds. The summed E-state index contributed by atoms with van der Waals surface area (Å²) in [6.45, 7) is 0. The van der Waals surface area contributed by atoms with Crippen molar-refractivity contribution >= 4 is 28.8 Å². The van der Waals surface area contributed by atoms with Crippen molar-refractivity contribution in [3.8, 4) is 5.75 Å². The first-order valence-electron chi connectivity index (χ1n) is 9.85. The second-order valence-electron chi connectivity index (χ2n) is 8.29. The lowest BCUT2D eigenvalue weighted by molar-refractivity contribution is -0.140. The van der Waals surface area contributed by atoms with Gasteiger partial charge >= 0.3 is 0 Å². The van der Waals surface area contributed by atoms with E-state index in [1.54, 1.807) is 13.3 Å². The minimum absolute atomic E-state index is 0.143. The Kier molecular flexibility index (Phi) is 3.17. The zero-order chi connectivity index (χ0) is 19.0. The predicted molar refractivity (Wildman–Crippen MR) is 105 cm³/mol. The molecule has 0 N–H and O–H groups in total. The highest BCUT2D eigenvalue weighted by Gasteiger charge is 2.67. The van der Waals surface area contributed by atoms with E-state index < -0.39 is 0 Å². The molecular weight excluding hydrogens is 352 g/mol. The zero-order valence-electron chi connectivity index (χ0n) is 15.5. The van der Waals surface area contributed by atoms with Crippen LogP contribution in [0.1, 0.15) is 12.0 Å². The monoisotopic (exact) mass is 372 g/mol. The topological polar surface area (TPSA) is 59.0 Å². The fourth-order valence-corrected chi connectivity index (χ4v) is 5.76. The number of carbonyl (C=O) groups excluding carboxylic acids is 2. The van der Waals surface area contributed by atoms with Crippen molar-refractivity contribution in [1.82, 2.24) is 5.01 Å². The molecule has 5 nitrogen and oxygen atoms in total. The summed E-state index contributed by atoms with van der Waals surface area (Å²) in [6, 6.07) is 11.8. The molecule has 1 saturated heterocycles. The summed E-state index contributed by atoms with van der Waals surface area (Å²) in [4.78, 5) is 26.1. The smallest absolute Gasteiger partial charge is 0.254 e. The molecule has 1 heterocycles. The molecular formula is C23H20N2O3. The summed E-state index contributed by atoms with van der Waals surface area (Å²) >= 11 is 0. The van der Waals surface area contributed by atoms with E-state index in [9.17, 15) is 9.59 Å². The lowest BCUT2D eigenvalue weighted by atomic mass is 9.63. The minimum Gasteiger partial charge on any atom is -0.496 e. The van der Waals surface area contributed by atoms with Crippen molar-refractivity contribution in [2.45, 2.75) is 6.42 Å². The Morgan fingerprint density at radius 3 is 2.36 bits per heavy atom. The number of hydrazone groups is 1. The molecule has 0 unspecified atom stereocenters. The van der Waals surface area contributed by atoms with Crippen LogP contribution in [-0.2, 0) is 9.59 Å². The van der Waals surface area contributed by atoms with Crippen molar-refractivity contribution in [3.05, 3.63) is 54.1 Å². The maximum absolute atomic E-state index is 13.1. The standard InChI is InChI=1S/C23H20N2O3/c1-28-19-9-6-12-4-2-3-5-13(12)18(19)11-24-25-22(26)20-14-7-8-15(17-10-16(14)17)21(20)23(25)27/h2-9,11,14-17,20-21H,10H2,1H3/b24-11-/t14-,15-,16-,17-,20-,21+/m0/s1. The van der Waals surface area contributed by atoms with Gasteiger partial charge in [-0.2, -0.15) is 10.1 Å². The van der Waals surface area contributed by atoms with Gasteiger partial charge in [0.1, 0.15) is 5.75 Å². The summed E-state index contributed by atoms with van der Waals surface area (Å²) < 4.78 is 5.49. The fourth-order valence-electron chi connectivity index (χ4n) is 5.76. The van der Waals surface area contributed by atoms with E-state index in [2.05, 4.69) is 17.3 Å². The van der Waals surface area contributed by atoms with Gasteiger partial charge in [-0.15, -0.1) is 0 Å². The number of amides is 2. The van der Waals surface area contributed by atoms with Crippen molar-refractivity contribution in [3.63, 3.8) is 0 Å². The number of imide groups is 1. The molecule has 0 spiro atoms. The molecule has 2 saturated carbocycles.